The molecule has 5 nitrogen and oxygen atoms in total. The maximum atomic E-state index is 11.6. The van der Waals surface area contributed by atoms with E-state index in [0.717, 1.165) is 11.1 Å². The summed E-state index contributed by atoms with van der Waals surface area (Å²) in [6, 6.07) is 8.78. The van der Waals surface area contributed by atoms with E-state index in [0.29, 0.717) is 17.2 Å². The average Bonchev–Trinajstić information content (AvgIpc) is 3.01. The van der Waals surface area contributed by atoms with Crippen molar-refractivity contribution in [1.82, 2.24) is 10.6 Å². The fourth-order valence-electron chi connectivity index (χ4n) is 2.09. The molecule has 0 spiro atoms. The molecule has 0 unspecified atom stereocenters. The van der Waals surface area contributed by atoms with Gasteiger partial charge in [-0.3, -0.25) is 10.1 Å². The Bertz CT molecular complexity index is 777. The number of nitrogens with one attached hydrogen (secondary N) is 2. The van der Waals surface area contributed by atoms with Crippen molar-refractivity contribution in [3.8, 4) is 17.1 Å². The van der Waals surface area contributed by atoms with Crippen LogP contribution >= 0.6 is 12.2 Å². The first-order valence-corrected chi connectivity index (χ1v) is 6.68. The summed E-state index contributed by atoms with van der Waals surface area (Å²) < 4.78 is 5.70. The van der Waals surface area contributed by atoms with E-state index in [1.807, 2.05) is 13.0 Å². The third-order valence-electron chi connectivity index (χ3n) is 3.20. The molecular weight excluding hydrogens is 288 g/mol. The van der Waals surface area contributed by atoms with Crippen LogP contribution in [0.5, 0.6) is 5.75 Å². The van der Waals surface area contributed by atoms with Crippen molar-refractivity contribution in [3.63, 3.8) is 0 Å². The topological polar surface area (TPSA) is 74.5 Å². The van der Waals surface area contributed by atoms with Crippen LogP contribution in [0.2, 0.25) is 0 Å². The van der Waals surface area contributed by atoms with Crippen LogP contribution in [0.3, 0.4) is 0 Å². The van der Waals surface area contributed by atoms with E-state index in [9.17, 15) is 9.90 Å². The predicted octanol–water partition coefficient (Wildman–Crippen LogP) is 2.31. The lowest BCUT2D eigenvalue weighted by Crippen LogP contribution is -2.21. The fourth-order valence-corrected chi connectivity index (χ4v) is 2.29. The molecule has 6 heteroatoms. The smallest absolute Gasteiger partial charge is 0.274 e. The molecule has 1 fully saturated rings. The molecule has 3 rings (SSSR count). The number of carbonyl (C=O) groups is 1. The van der Waals surface area contributed by atoms with Crippen molar-refractivity contribution in [2.75, 3.05) is 0 Å². The van der Waals surface area contributed by atoms with Gasteiger partial charge in [0, 0.05) is 17.2 Å². The van der Waals surface area contributed by atoms with Crippen LogP contribution in [-0.2, 0) is 4.79 Å². The zero-order chi connectivity index (χ0) is 15.0. The van der Waals surface area contributed by atoms with E-state index in [1.165, 1.54) is 0 Å². The van der Waals surface area contributed by atoms with E-state index in [2.05, 4.69) is 10.6 Å². The molecule has 2 aromatic rings. The highest BCUT2D eigenvalue weighted by Gasteiger charge is 2.20. The molecule has 1 aromatic heterocycles. The molecule has 3 N–H and O–H groups in total. The summed E-state index contributed by atoms with van der Waals surface area (Å²) >= 11 is 4.86. The Morgan fingerprint density at radius 1 is 1.24 bits per heavy atom. The highest BCUT2D eigenvalue weighted by Crippen LogP contribution is 2.30. The number of carbonyl (C=O) groups excluding carboxylic acids is 1. The second-order valence-corrected chi connectivity index (χ2v) is 5.03. The highest BCUT2D eigenvalue weighted by atomic mass is 32.1. The minimum Gasteiger partial charge on any atom is -0.508 e. The Labute approximate surface area is 126 Å². The average molecular weight is 300 g/mol. The van der Waals surface area contributed by atoms with E-state index in [1.54, 1.807) is 30.3 Å². The summed E-state index contributed by atoms with van der Waals surface area (Å²) in [4.78, 5) is 11.6. The molecule has 1 saturated heterocycles. The van der Waals surface area contributed by atoms with E-state index < -0.39 is 0 Å². The number of benzene rings is 1. The van der Waals surface area contributed by atoms with Gasteiger partial charge in [0.2, 0.25) is 0 Å². The molecule has 1 aliphatic heterocycles. The summed E-state index contributed by atoms with van der Waals surface area (Å²) in [6.07, 6.45) is 1.58. The molecule has 0 aliphatic carbocycles. The van der Waals surface area contributed by atoms with Crippen LogP contribution in [0.4, 0.5) is 0 Å². The molecule has 0 bridgehead atoms. The van der Waals surface area contributed by atoms with Crippen LogP contribution in [-0.4, -0.2) is 16.1 Å². The number of hydrogen-bond acceptors (Lipinski definition) is 4. The molecule has 106 valence electrons. The van der Waals surface area contributed by atoms with E-state index >= 15 is 0 Å². The summed E-state index contributed by atoms with van der Waals surface area (Å²) in [7, 11) is 0. The molecule has 1 aliphatic rings. The molecule has 1 aromatic carbocycles. The van der Waals surface area contributed by atoms with Gasteiger partial charge in [-0.05, 0) is 37.3 Å². The third-order valence-corrected chi connectivity index (χ3v) is 3.41. The quantitative estimate of drug-likeness (QED) is 0.586. The first-order valence-electron chi connectivity index (χ1n) is 6.27. The van der Waals surface area contributed by atoms with Gasteiger partial charge in [-0.1, -0.05) is 12.1 Å². The SMILES string of the molecule is Cc1c(O)cccc1-c1ccc(C=C2NC(=S)NC2=O)o1. The van der Waals surface area contributed by atoms with Gasteiger partial charge in [0.1, 0.15) is 23.0 Å². The Morgan fingerprint density at radius 3 is 2.76 bits per heavy atom. The van der Waals surface area contributed by atoms with Gasteiger partial charge in [0.15, 0.2) is 5.11 Å². The highest BCUT2D eigenvalue weighted by molar-refractivity contribution is 7.80. The van der Waals surface area contributed by atoms with Crippen LogP contribution < -0.4 is 10.6 Å². The third kappa shape index (κ3) is 2.53. The Balaban J connectivity index is 1.94. The molecule has 0 radical (unpaired) electrons. The van der Waals surface area contributed by atoms with Crippen molar-refractivity contribution in [2.45, 2.75) is 6.92 Å². The van der Waals surface area contributed by atoms with Crippen molar-refractivity contribution < 1.29 is 14.3 Å². The molecular formula is C15H12N2O3S. The van der Waals surface area contributed by atoms with Crippen molar-refractivity contribution in [2.24, 2.45) is 0 Å². The number of amides is 1. The van der Waals surface area contributed by atoms with Gasteiger partial charge in [-0.15, -0.1) is 0 Å². The van der Waals surface area contributed by atoms with Crippen molar-refractivity contribution in [1.29, 1.82) is 0 Å². The number of hydrogen-bond donors (Lipinski definition) is 3. The maximum Gasteiger partial charge on any atom is 0.274 e. The van der Waals surface area contributed by atoms with Gasteiger partial charge < -0.3 is 14.8 Å². The lowest BCUT2D eigenvalue weighted by Gasteiger charge is -2.04. The summed E-state index contributed by atoms with van der Waals surface area (Å²) in [5.74, 6) is 1.07. The summed E-state index contributed by atoms with van der Waals surface area (Å²) in [5, 5.41) is 15.2. The minimum atomic E-state index is -0.286. The fraction of sp³-hybridized carbons (Fsp3) is 0.0667. The standard InChI is InChI=1S/C15H12N2O3S/c1-8-10(3-2-4-12(8)18)13-6-5-9(20-13)7-11-14(19)17-15(21)16-11/h2-7,18H,1H3,(H2,16,17,19,21). The van der Waals surface area contributed by atoms with Gasteiger partial charge in [-0.25, -0.2) is 0 Å². The molecule has 1 amide bonds. The van der Waals surface area contributed by atoms with Crippen molar-refractivity contribution in [3.05, 3.63) is 47.4 Å². The van der Waals surface area contributed by atoms with Crippen LogP contribution in [0, 0.1) is 6.92 Å². The van der Waals surface area contributed by atoms with Crippen LogP contribution in [0.25, 0.3) is 17.4 Å². The van der Waals surface area contributed by atoms with Gasteiger partial charge in [0.05, 0.1) is 0 Å². The second kappa shape index (κ2) is 5.06. The normalized spacial score (nSPS) is 16.1. The van der Waals surface area contributed by atoms with Gasteiger partial charge in [0.25, 0.3) is 5.91 Å². The number of phenols is 1. The van der Waals surface area contributed by atoms with Crippen LogP contribution in [0.1, 0.15) is 11.3 Å². The number of furan rings is 1. The van der Waals surface area contributed by atoms with E-state index in [4.69, 9.17) is 16.6 Å². The Hall–Kier alpha value is -2.60. The number of aromatic hydroxyl groups is 1. The lowest BCUT2D eigenvalue weighted by atomic mass is 10.1. The largest absolute Gasteiger partial charge is 0.508 e. The van der Waals surface area contributed by atoms with Gasteiger partial charge in [-0.2, -0.15) is 0 Å². The summed E-state index contributed by atoms with van der Waals surface area (Å²) in [6.45, 7) is 1.82. The first kappa shape index (κ1) is 13.4. The number of thiocarbonyl (C=S) groups is 1. The van der Waals surface area contributed by atoms with Crippen LogP contribution in [0.15, 0.2) is 40.4 Å². The van der Waals surface area contributed by atoms with Gasteiger partial charge >= 0.3 is 0 Å². The molecule has 21 heavy (non-hydrogen) atoms. The predicted molar refractivity (Wildman–Crippen MR) is 82.4 cm³/mol. The zero-order valence-corrected chi connectivity index (χ0v) is 12.0. The lowest BCUT2D eigenvalue weighted by molar-refractivity contribution is -0.115. The van der Waals surface area contributed by atoms with Crippen molar-refractivity contribution >= 4 is 29.3 Å². The number of rotatable bonds is 2. The zero-order valence-electron chi connectivity index (χ0n) is 11.1. The van der Waals surface area contributed by atoms with E-state index in [-0.39, 0.29) is 16.8 Å². The Morgan fingerprint density at radius 2 is 2.05 bits per heavy atom. The molecule has 2 heterocycles. The number of phenolic OH excluding ortho intramolecular Hbond substituents is 1. The second-order valence-electron chi connectivity index (χ2n) is 4.62. The monoisotopic (exact) mass is 300 g/mol. The maximum absolute atomic E-state index is 11.6. The molecule has 0 saturated carbocycles. The first-order chi connectivity index (χ1) is 10.0. The minimum absolute atomic E-state index is 0.214. The molecule has 0 atom stereocenters. The Kier molecular flexibility index (Phi) is 3.23. The summed E-state index contributed by atoms with van der Waals surface area (Å²) in [5.41, 5.74) is 1.89.